The van der Waals surface area contributed by atoms with Crippen LogP contribution in [0.3, 0.4) is 0 Å². The van der Waals surface area contributed by atoms with Gasteiger partial charge < -0.3 is 14.2 Å². The Bertz CT molecular complexity index is 528. The number of hydrogen-bond donors (Lipinski definition) is 0. The fraction of sp³-hybridized carbons (Fsp3) is 0.357. The summed E-state index contributed by atoms with van der Waals surface area (Å²) < 4.78 is 15.7. The number of esters is 3. The van der Waals surface area contributed by atoms with E-state index in [-0.39, 0.29) is 19.0 Å². The molecule has 0 saturated heterocycles. The predicted octanol–water partition coefficient (Wildman–Crippen LogP) is 2.50. The number of benzene rings is 1. The van der Waals surface area contributed by atoms with E-state index in [1.165, 1.54) is 20.8 Å². The standard InChI is InChI=1S/C14H15BrO6/c1-8(16)19-6-11-4-13(15)5-12(7-20-9(2)17)14(11)21-10(3)18/h4-5H,6-7H2,1-3H3. The molecule has 1 aromatic rings. The van der Waals surface area contributed by atoms with Gasteiger partial charge in [-0.2, -0.15) is 0 Å². The normalized spacial score (nSPS) is 9.90. The lowest BCUT2D eigenvalue weighted by Crippen LogP contribution is -2.10. The highest BCUT2D eigenvalue weighted by atomic mass is 79.9. The Labute approximate surface area is 130 Å². The molecular formula is C14H15BrO6. The molecule has 0 radical (unpaired) electrons. The van der Waals surface area contributed by atoms with Crippen LogP contribution in [-0.4, -0.2) is 17.9 Å². The van der Waals surface area contributed by atoms with Crippen LogP contribution in [0, 0.1) is 0 Å². The maximum atomic E-state index is 11.2. The first-order valence-corrected chi connectivity index (χ1v) is 6.85. The van der Waals surface area contributed by atoms with Crippen molar-refractivity contribution < 1.29 is 28.6 Å². The zero-order chi connectivity index (χ0) is 16.0. The van der Waals surface area contributed by atoms with Crippen molar-refractivity contribution in [3.63, 3.8) is 0 Å². The zero-order valence-electron chi connectivity index (χ0n) is 11.9. The summed E-state index contributed by atoms with van der Waals surface area (Å²) >= 11 is 3.31. The van der Waals surface area contributed by atoms with E-state index < -0.39 is 17.9 Å². The lowest BCUT2D eigenvalue weighted by molar-refractivity contribution is -0.142. The molecule has 0 aliphatic heterocycles. The van der Waals surface area contributed by atoms with Crippen LogP contribution >= 0.6 is 15.9 Å². The number of carbonyl (C=O) groups excluding carboxylic acids is 3. The van der Waals surface area contributed by atoms with Crippen molar-refractivity contribution in [1.29, 1.82) is 0 Å². The minimum absolute atomic E-state index is 0.0511. The van der Waals surface area contributed by atoms with Crippen molar-refractivity contribution in [2.45, 2.75) is 34.0 Å². The summed E-state index contributed by atoms with van der Waals surface area (Å²) in [5.74, 6) is -1.20. The molecule has 1 aromatic carbocycles. The van der Waals surface area contributed by atoms with Gasteiger partial charge in [-0.25, -0.2) is 0 Å². The molecule has 7 heteroatoms. The minimum Gasteiger partial charge on any atom is -0.461 e. The minimum atomic E-state index is -0.523. The van der Waals surface area contributed by atoms with Gasteiger partial charge >= 0.3 is 17.9 Å². The SMILES string of the molecule is CC(=O)OCc1cc(Br)cc(COC(C)=O)c1OC(C)=O. The molecule has 0 aliphatic rings. The molecule has 0 aliphatic carbocycles. The lowest BCUT2D eigenvalue weighted by Gasteiger charge is -2.15. The van der Waals surface area contributed by atoms with E-state index in [0.717, 1.165) is 0 Å². The first-order valence-electron chi connectivity index (χ1n) is 6.06. The van der Waals surface area contributed by atoms with Gasteiger partial charge in [0.1, 0.15) is 19.0 Å². The summed E-state index contributed by atoms with van der Waals surface area (Å²) in [7, 11) is 0. The van der Waals surface area contributed by atoms with Gasteiger partial charge in [-0.05, 0) is 12.1 Å². The second-order valence-corrected chi connectivity index (χ2v) is 5.12. The van der Waals surface area contributed by atoms with Crippen LogP contribution in [0.5, 0.6) is 5.75 Å². The highest BCUT2D eigenvalue weighted by Crippen LogP contribution is 2.30. The van der Waals surface area contributed by atoms with Crippen LogP contribution < -0.4 is 4.74 Å². The second kappa shape index (κ2) is 7.78. The van der Waals surface area contributed by atoms with Gasteiger partial charge in [0.05, 0.1) is 0 Å². The largest absolute Gasteiger partial charge is 0.461 e. The molecule has 1 rings (SSSR count). The fourth-order valence-corrected chi connectivity index (χ4v) is 2.11. The molecule has 0 amide bonds. The van der Waals surface area contributed by atoms with Gasteiger partial charge in [-0.15, -0.1) is 0 Å². The summed E-state index contributed by atoms with van der Waals surface area (Å²) in [5.41, 5.74) is 0.994. The molecule has 0 aromatic heterocycles. The van der Waals surface area contributed by atoms with Crippen LogP contribution in [0.1, 0.15) is 31.9 Å². The Morgan fingerprint density at radius 3 is 1.67 bits per heavy atom. The van der Waals surface area contributed by atoms with Gasteiger partial charge in [0.2, 0.25) is 0 Å². The number of ether oxygens (including phenoxy) is 3. The summed E-state index contributed by atoms with van der Waals surface area (Å²) in [5, 5.41) is 0. The van der Waals surface area contributed by atoms with Gasteiger partial charge in [-0.1, -0.05) is 15.9 Å². The average molecular weight is 359 g/mol. The topological polar surface area (TPSA) is 78.9 Å². The van der Waals surface area contributed by atoms with Crippen LogP contribution in [0.4, 0.5) is 0 Å². The maximum Gasteiger partial charge on any atom is 0.308 e. The third-order valence-corrected chi connectivity index (χ3v) is 2.77. The van der Waals surface area contributed by atoms with E-state index in [0.29, 0.717) is 15.6 Å². The Hall–Kier alpha value is -1.89. The monoisotopic (exact) mass is 358 g/mol. The number of carbonyl (C=O) groups is 3. The number of hydrogen-bond acceptors (Lipinski definition) is 6. The molecule has 114 valence electrons. The van der Waals surface area contributed by atoms with Crippen LogP contribution in [0.25, 0.3) is 0 Å². The maximum absolute atomic E-state index is 11.2. The lowest BCUT2D eigenvalue weighted by atomic mass is 10.1. The van der Waals surface area contributed by atoms with Crippen LogP contribution in [-0.2, 0) is 37.1 Å². The van der Waals surface area contributed by atoms with Crippen LogP contribution in [0.15, 0.2) is 16.6 Å². The molecule has 0 heterocycles. The average Bonchev–Trinajstić information content (AvgIpc) is 2.35. The molecule has 0 spiro atoms. The van der Waals surface area contributed by atoms with Crippen molar-refractivity contribution in [3.05, 3.63) is 27.7 Å². The molecule has 6 nitrogen and oxygen atoms in total. The zero-order valence-corrected chi connectivity index (χ0v) is 13.5. The molecule has 0 atom stereocenters. The smallest absolute Gasteiger partial charge is 0.308 e. The molecule has 21 heavy (non-hydrogen) atoms. The van der Waals surface area contributed by atoms with Crippen molar-refractivity contribution in [3.8, 4) is 5.75 Å². The summed E-state index contributed by atoms with van der Waals surface area (Å²) in [6, 6.07) is 3.33. The first-order chi connectivity index (χ1) is 9.79. The first kappa shape index (κ1) is 17.2. The Kier molecular flexibility index (Phi) is 6.36. The number of rotatable bonds is 5. The highest BCUT2D eigenvalue weighted by molar-refractivity contribution is 9.10. The molecule has 0 saturated carbocycles. The summed E-state index contributed by atoms with van der Waals surface area (Å²) in [6.45, 7) is 3.72. The second-order valence-electron chi connectivity index (χ2n) is 4.21. The van der Waals surface area contributed by atoms with E-state index in [1.54, 1.807) is 12.1 Å². The Morgan fingerprint density at radius 2 is 1.33 bits per heavy atom. The van der Waals surface area contributed by atoms with Gasteiger partial charge in [-0.3, -0.25) is 14.4 Å². The van der Waals surface area contributed by atoms with E-state index >= 15 is 0 Å². The van der Waals surface area contributed by atoms with E-state index in [1.807, 2.05) is 0 Å². The molecule has 0 bridgehead atoms. The fourth-order valence-electron chi connectivity index (χ4n) is 1.56. The third-order valence-electron chi connectivity index (χ3n) is 2.32. The summed E-state index contributed by atoms with van der Waals surface area (Å²) in [4.78, 5) is 33.1. The van der Waals surface area contributed by atoms with Crippen molar-refractivity contribution >= 4 is 33.8 Å². The Morgan fingerprint density at radius 1 is 0.905 bits per heavy atom. The van der Waals surface area contributed by atoms with Crippen molar-refractivity contribution in [2.24, 2.45) is 0 Å². The quantitative estimate of drug-likeness (QED) is 0.594. The van der Waals surface area contributed by atoms with E-state index in [9.17, 15) is 14.4 Å². The molecule has 0 fully saturated rings. The van der Waals surface area contributed by atoms with Gasteiger partial charge in [0, 0.05) is 36.4 Å². The van der Waals surface area contributed by atoms with Gasteiger partial charge in [0.15, 0.2) is 0 Å². The van der Waals surface area contributed by atoms with Crippen molar-refractivity contribution in [1.82, 2.24) is 0 Å². The third kappa shape index (κ3) is 5.95. The van der Waals surface area contributed by atoms with Crippen LogP contribution in [0.2, 0.25) is 0 Å². The van der Waals surface area contributed by atoms with E-state index in [4.69, 9.17) is 14.2 Å². The van der Waals surface area contributed by atoms with Crippen molar-refractivity contribution in [2.75, 3.05) is 0 Å². The molecule has 0 unspecified atom stereocenters. The van der Waals surface area contributed by atoms with Gasteiger partial charge in [0.25, 0.3) is 0 Å². The number of halogens is 1. The molecular weight excluding hydrogens is 344 g/mol. The molecule has 0 N–H and O–H groups in total. The predicted molar refractivity (Wildman–Crippen MR) is 76.4 cm³/mol. The van der Waals surface area contributed by atoms with E-state index in [2.05, 4.69) is 15.9 Å². The highest BCUT2D eigenvalue weighted by Gasteiger charge is 2.16. The summed E-state index contributed by atoms with van der Waals surface area (Å²) in [6.07, 6.45) is 0. The Balaban J connectivity index is 3.15.